The van der Waals surface area contributed by atoms with Crippen LogP contribution < -0.4 is 0 Å². The topological polar surface area (TPSA) is 335 Å². The largest absolute Gasteiger partial charge is 0.463 e. The number of hydrogen-bond acceptors (Lipinski definition) is 27. The lowest BCUT2D eigenvalue weighted by atomic mass is 9.95. The maximum atomic E-state index is 13.0. The van der Waals surface area contributed by atoms with Gasteiger partial charge in [0.15, 0.2) is 61.4 Å². The van der Waals surface area contributed by atoms with E-state index in [0.717, 1.165) is 76.2 Å². The Morgan fingerprint density at radius 1 is 0.269 bits per heavy atom. The quantitative estimate of drug-likeness (QED) is 0.114. The van der Waals surface area contributed by atoms with E-state index in [0.29, 0.717) is 0 Å². The Morgan fingerprint density at radius 2 is 0.507 bits per heavy atom. The van der Waals surface area contributed by atoms with E-state index in [1.165, 1.54) is 0 Å². The molecule has 27 nitrogen and oxygen atoms in total. The van der Waals surface area contributed by atoms with Gasteiger partial charge in [-0.25, -0.2) is 0 Å². The second kappa shape index (κ2) is 25.2. The summed E-state index contributed by atoms with van der Waals surface area (Å²) in [6, 6.07) is 0. The summed E-state index contributed by atoms with van der Waals surface area (Å²) in [5.41, 5.74) is 0. The molecule has 3 saturated heterocycles. The highest BCUT2D eigenvalue weighted by molar-refractivity contribution is 5.70. The second-order valence-corrected chi connectivity index (χ2v) is 14.9. The van der Waals surface area contributed by atoms with Crippen molar-refractivity contribution in [1.29, 1.82) is 0 Å². The second-order valence-electron chi connectivity index (χ2n) is 14.9. The van der Waals surface area contributed by atoms with E-state index in [1.807, 2.05) is 0 Å². The fourth-order valence-electron chi connectivity index (χ4n) is 7.01. The number of esters is 11. The summed E-state index contributed by atoms with van der Waals surface area (Å²) < 4.78 is 90.6. The molecule has 0 aromatic rings. The van der Waals surface area contributed by atoms with Gasteiger partial charge in [0, 0.05) is 76.2 Å². The zero-order valence-corrected chi connectivity index (χ0v) is 38.3. The van der Waals surface area contributed by atoms with Crippen LogP contribution in [-0.2, 0) is 129 Å². The van der Waals surface area contributed by atoms with Crippen molar-refractivity contribution in [2.75, 3.05) is 19.8 Å². The molecule has 27 heteroatoms. The van der Waals surface area contributed by atoms with Crippen molar-refractivity contribution >= 4 is 65.7 Å². The summed E-state index contributed by atoms with van der Waals surface area (Å²) in [6.07, 6.45) is -27.8. The van der Waals surface area contributed by atoms with Crippen LogP contribution in [0, 0.1) is 0 Å². The fourth-order valence-corrected chi connectivity index (χ4v) is 7.01. The lowest BCUT2D eigenvalue weighted by molar-refractivity contribution is -0.383. The average molecular weight is 967 g/mol. The third-order valence-corrected chi connectivity index (χ3v) is 9.11. The smallest absolute Gasteiger partial charge is 0.305 e. The lowest BCUT2D eigenvalue weighted by Gasteiger charge is -2.50. The Kier molecular flexibility index (Phi) is 20.8. The van der Waals surface area contributed by atoms with Crippen molar-refractivity contribution in [1.82, 2.24) is 0 Å². The Morgan fingerprint density at radius 3 is 0.821 bits per heavy atom. The highest BCUT2D eigenvalue weighted by Gasteiger charge is 2.60. The van der Waals surface area contributed by atoms with Gasteiger partial charge in [-0.3, -0.25) is 52.7 Å². The minimum atomic E-state index is -2.13. The zero-order chi connectivity index (χ0) is 50.4. The molecule has 7 unspecified atom stereocenters. The van der Waals surface area contributed by atoms with Crippen LogP contribution in [0.4, 0.5) is 0 Å². The molecule has 0 aliphatic carbocycles. The van der Waals surface area contributed by atoms with E-state index in [9.17, 15) is 52.7 Å². The van der Waals surface area contributed by atoms with E-state index in [-0.39, 0.29) is 0 Å². The number of carbonyl (C=O) groups excluding carboxylic acids is 11. The molecule has 0 N–H and O–H groups in total. The minimum absolute atomic E-state index is 0.661. The van der Waals surface area contributed by atoms with Crippen molar-refractivity contribution in [2.45, 2.75) is 168 Å². The molecule has 67 heavy (non-hydrogen) atoms. The van der Waals surface area contributed by atoms with Crippen molar-refractivity contribution in [3.63, 3.8) is 0 Å². The third kappa shape index (κ3) is 17.0. The van der Waals surface area contributed by atoms with Gasteiger partial charge in [0.25, 0.3) is 0 Å². The van der Waals surface area contributed by atoms with Gasteiger partial charge in [0.05, 0.1) is 0 Å². The van der Waals surface area contributed by atoms with Crippen LogP contribution in [0.1, 0.15) is 76.2 Å². The van der Waals surface area contributed by atoms with Gasteiger partial charge >= 0.3 is 65.7 Å². The summed E-state index contributed by atoms with van der Waals surface area (Å²) >= 11 is 0. The number of ether oxygens (including phenoxy) is 16. The van der Waals surface area contributed by atoms with Crippen LogP contribution in [-0.4, -0.2) is 178 Å². The maximum Gasteiger partial charge on any atom is 0.305 e. The fraction of sp³-hybridized carbons (Fsp3) is 0.725. The highest BCUT2D eigenvalue weighted by atomic mass is 16.8. The summed E-state index contributed by atoms with van der Waals surface area (Å²) in [5, 5.41) is 0. The zero-order valence-electron chi connectivity index (χ0n) is 38.3. The lowest BCUT2D eigenvalue weighted by Crippen LogP contribution is -2.69. The van der Waals surface area contributed by atoms with Crippen LogP contribution in [0.15, 0.2) is 0 Å². The molecule has 0 bridgehead atoms. The van der Waals surface area contributed by atoms with Crippen molar-refractivity contribution in [3.05, 3.63) is 0 Å². The molecule has 3 fully saturated rings. The molecule has 0 aromatic carbocycles. The predicted molar refractivity (Wildman–Crippen MR) is 206 cm³/mol. The van der Waals surface area contributed by atoms with E-state index < -0.39 is 178 Å². The molecule has 0 saturated carbocycles. The third-order valence-electron chi connectivity index (χ3n) is 9.11. The molecule has 0 amide bonds. The van der Waals surface area contributed by atoms with Crippen LogP contribution in [0.3, 0.4) is 0 Å². The first-order chi connectivity index (χ1) is 31.3. The van der Waals surface area contributed by atoms with Gasteiger partial charge in [-0.15, -0.1) is 0 Å². The van der Waals surface area contributed by atoms with Crippen molar-refractivity contribution in [3.8, 4) is 0 Å². The minimum Gasteiger partial charge on any atom is -0.463 e. The first kappa shape index (κ1) is 55.3. The normalized spacial score (nSPS) is 31.2. The first-order valence-corrected chi connectivity index (χ1v) is 20.3. The number of carbonyl (C=O) groups is 11. The molecule has 376 valence electrons. The monoisotopic (exact) mass is 966 g/mol. The summed E-state index contributed by atoms with van der Waals surface area (Å²) in [5.74, 6) is -10.7. The van der Waals surface area contributed by atoms with E-state index >= 15 is 0 Å². The van der Waals surface area contributed by atoms with Gasteiger partial charge in [-0.2, -0.15) is 0 Å². The van der Waals surface area contributed by atoms with Crippen molar-refractivity contribution < 1.29 is 129 Å². The van der Waals surface area contributed by atoms with E-state index in [4.69, 9.17) is 75.8 Å². The highest BCUT2D eigenvalue weighted by Crippen LogP contribution is 2.38. The average Bonchev–Trinajstić information content (AvgIpc) is 3.17. The van der Waals surface area contributed by atoms with Crippen LogP contribution in [0.25, 0.3) is 0 Å². The van der Waals surface area contributed by atoms with Gasteiger partial charge in [0.1, 0.15) is 44.2 Å². The Labute approximate surface area is 382 Å². The molecule has 3 aliphatic rings. The SMILES string of the molecule is CC(=O)OCC1OC(OC(C)=O)C(O[C@@H]2OC(COC(C)=O)[C@H](OC(C)=O)[C@H](O[C@@H]3OC(COC(C)=O)[C@H](OC(C)=O)[C@H](OC(C)=O)C3OC(C)=O)C2OC(C)=O)[C@@H](OC(C)=O)[C@H]1OC(C)=O. The predicted octanol–water partition coefficient (Wildman–Crippen LogP) is -1.29. The summed E-state index contributed by atoms with van der Waals surface area (Å²) in [4.78, 5) is 137. The number of rotatable bonds is 18. The molecule has 0 aromatic heterocycles. The molecular weight excluding hydrogens is 912 g/mol. The summed E-state index contributed by atoms with van der Waals surface area (Å²) in [6.45, 7) is 8.56. The van der Waals surface area contributed by atoms with Crippen LogP contribution in [0.5, 0.6) is 0 Å². The Hall–Kier alpha value is -6.03. The molecular formula is C40H54O27. The van der Waals surface area contributed by atoms with Gasteiger partial charge in [-0.1, -0.05) is 0 Å². The molecule has 0 spiro atoms. The molecule has 3 aliphatic heterocycles. The molecule has 15 atom stereocenters. The molecule has 3 heterocycles. The van der Waals surface area contributed by atoms with Gasteiger partial charge in [-0.05, 0) is 0 Å². The Balaban J connectivity index is 2.36. The van der Waals surface area contributed by atoms with E-state index in [2.05, 4.69) is 0 Å². The van der Waals surface area contributed by atoms with Gasteiger partial charge < -0.3 is 75.8 Å². The summed E-state index contributed by atoms with van der Waals surface area (Å²) in [7, 11) is 0. The van der Waals surface area contributed by atoms with E-state index in [1.54, 1.807) is 0 Å². The van der Waals surface area contributed by atoms with Crippen LogP contribution >= 0.6 is 0 Å². The first-order valence-electron chi connectivity index (χ1n) is 20.3. The van der Waals surface area contributed by atoms with Gasteiger partial charge in [0.2, 0.25) is 6.29 Å². The molecule has 0 radical (unpaired) electrons. The number of hydrogen-bond donors (Lipinski definition) is 0. The maximum absolute atomic E-state index is 13.0. The molecule has 3 rings (SSSR count). The van der Waals surface area contributed by atoms with Crippen LogP contribution in [0.2, 0.25) is 0 Å². The standard InChI is InChI=1S/C40H54O27/c1-15(41)52-12-26-30(56-19(5)45)33(59-22(8)48)37(38(63-26)62-25(11)51)67-40-36(61-24(10)50)34(31(57-20(6)46)28(65-40)14-54-17(3)43)66-39-35(60-23(9)49)32(58-21(7)47)29(55-18(4)44)27(64-39)13-53-16(2)42/h26-40H,12-14H2,1-11H3/t26?,27?,28?,29-,30-,31-,32-,33-,34-,35?,36?,37?,38?,39-,40-/m0/s1. The Bertz CT molecular complexity index is 1850. The van der Waals surface area contributed by atoms with Crippen molar-refractivity contribution in [2.24, 2.45) is 0 Å².